The van der Waals surface area contributed by atoms with Crippen LogP contribution in [0.1, 0.15) is 35.1 Å². The van der Waals surface area contributed by atoms with Crippen molar-refractivity contribution in [2.45, 2.75) is 38.6 Å². The van der Waals surface area contributed by atoms with Gasteiger partial charge >= 0.3 is 0 Å². The Balaban J connectivity index is 1.38. The van der Waals surface area contributed by atoms with Crippen LogP contribution >= 0.6 is 0 Å². The highest BCUT2D eigenvalue weighted by Crippen LogP contribution is 2.09. The number of carbonyl (C=O) groups is 3. The number of carbonyl (C=O) groups excluding carboxylic acids is 3. The lowest BCUT2D eigenvalue weighted by Gasteiger charge is -2.07. The normalized spacial score (nSPS) is 10.5. The fourth-order valence-electron chi connectivity index (χ4n) is 3.20. The van der Waals surface area contributed by atoms with E-state index < -0.39 is 11.7 Å². The minimum atomic E-state index is -0.577. The standard InChI is InChI=1S/C26H26N2O3/c29-24(15-13-22-7-4-16-27-18-22)14-12-20-8-10-23(11-9-20)19-28-26(31)25(30)17-21-5-2-1-3-6-21/h1-11,16,18H,12-15,17,19H2,(H,28,31). The molecule has 0 fully saturated rings. The molecular formula is C26H26N2O3. The van der Waals surface area contributed by atoms with Gasteiger partial charge in [-0.15, -0.1) is 0 Å². The third-order valence-electron chi connectivity index (χ3n) is 5.04. The van der Waals surface area contributed by atoms with Crippen LogP contribution in [0.15, 0.2) is 79.1 Å². The minimum absolute atomic E-state index is 0.0976. The Hall–Kier alpha value is -3.60. The van der Waals surface area contributed by atoms with Crippen molar-refractivity contribution in [3.05, 3.63) is 101 Å². The molecular weight excluding hydrogens is 388 g/mol. The molecule has 0 aliphatic carbocycles. The molecule has 5 nitrogen and oxygen atoms in total. The molecule has 2 aromatic carbocycles. The van der Waals surface area contributed by atoms with E-state index in [4.69, 9.17) is 0 Å². The van der Waals surface area contributed by atoms with Crippen LogP contribution in [0.2, 0.25) is 0 Å². The number of ketones is 2. The number of benzene rings is 2. The predicted octanol–water partition coefficient (Wildman–Crippen LogP) is 3.64. The van der Waals surface area contributed by atoms with E-state index in [1.54, 1.807) is 12.4 Å². The average Bonchev–Trinajstić information content (AvgIpc) is 2.81. The van der Waals surface area contributed by atoms with E-state index in [0.29, 0.717) is 32.2 Å². The Morgan fingerprint density at radius 1 is 0.710 bits per heavy atom. The van der Waals surface area contributed by atoms with Crippen LogP contribution in [0, 0.1) is 0 Å². The number of amides is 1. The Morgan fingerprint density at radius 2 is 1.35 bits per heavy atom. The second kappa shape index (κ2) is 11.6. The van der Waals surface area contributed by atoms with Gasteiger partial charge in [-0.2, -0.15) is 0 Å². The second-order valence-electron chi connectivity index (χ2n) is 7.48. The van der Waals surface area contributed by atoms with E-state index in [1.807, 2.05) is 66.7 Å². The van der Waals surface area contributed by atoms with E-state index in [1.165, 1.54) is 0 Å². The Labute approximate surface area is 182 Å². The lowest BCUT2D eigenvalue weighted by atomic mass is 10.0. The van der Waals surface area contributed by atoms with Crippen molar-refractivity contribution in [3.63, 3.8) is 0 Å². The first-order valence-corrected chi connectivity index (χ1v) is 10.4. The third-order valence-corrected chi connectivity index (χ3v) is 5.04. The zero-order valence-electron chi connectivity index (χ0n) is 17.4. The highest BCUT2D eigenvalue weighted by Gasteiger charge is 2.13. The minimum Gasteiger partial charge on any atom is -0.345 e. The Morgan fingerprint density at radius 3 is 2.03 bits per heavy atom. The summed E-state index contributed by atoms with van der Waals surface area (Å²) in [6, 6.07) is 20.8. The molecule has 0 atom stereocenters. The zero-order valence-corrected chi connectivity index (χ0v) is 17.4. The van der Waals surface area contributed by atoms with Crippen molar-refractivity contribution in [2.75, 3.05) is 0 Å². The maximum Gasteiger partial charge on any atom is 0.287 e. The number of hydrogen-bond acceptors (Lipinski definition) is 4. The summed E-state index contributed by atoms with van der Waals surface area (Å²) in [6.07, 6.45) is 6.04. The van der Waals surface area contributed by atoms with Crippen LogP contribution < -0.4 is 5.32 Å². The molecule has 0 spiro atoms. The molecule has 158 valence electrons. The van der Waals surface area contributed by atoms with Gasteiger partial charge in [0.15, 0.2) is 0 Å². The maximum atomic E-state index is 12.1. The summed E-state index contributed by atoms with van der Waals surface area (Å²) in [7, 11) is 0. The van der Waals surface area contributed by atoms with E-state index in [2.05, 4.69) is 10.3 Å². The van der Waals surface area contributed by atoms with Gasteiger partial charge in [-0.05, 0) is 41.2 Å². The van der Waals surface area contributed by atoms with Gasteiger partial charge in [0.1, 0.15) is 5.78 Å². The van der Waals surface area contributed by atoms with Crippen molar-refractivity contribution in [3.8, 4) is 0 Å². The number of pyridine rings is 1. The second-order valence-corrected chi connectivity index (χ2v) is 7.48. The van der Waals surface area contributed by atoms with Crippen LogP contribution in [0.25, 0.3) is 0 Å². The topological polar surface area (TPSA) is 76.1 Å². The van der Waals surface area contributed by atoms with E-state index in [9.17, 15) is 14.4 Å². The summed E-state index contributed by atoms with van der Waals surface area (Å²) in [4.78, 5) is 40.3. The van der Waals surface area contributed by atoms with Crippen molar-refractivity contribution in [2.24, 2.45) is 0 Å². The number of rotatable bonds is 11. The van der Waals surface area contributed by atoms with Crippen molar-refractivity contribution in [1.82, 2.24) is 10.3 Å². The molecule has 5 heteroatoms. The van der Waals surface area contributed by atoms with E-state index >= 15 is 0 Å². The van der Waals surface area contributed by atoms with Crippen molar-refractivity contribution in [1.29, 1.82) is 0 Å². The van der Waals surface area contributed by atoms with Gasteiger partial charge in [0.05, 0.1) is 0 Å². The molecule has 1 aromatic heterocycles. The molecule has 1 amide bonds. The first-order chi connectivity index (χ1) is 15.1. The van der Waals surface area contributed by atoms with Gasteiger partial charge < -0.3 is 5.32 Å². The lowest BCUT2D eigenvalue weighted by molar-refractivity contribution is -0.137. The third kappa shape index (κ3) is 7.63. The predicted molar refractivity (Wildman–Crippen MR) is 119 cm³/mol. The van der Waals surface area contributed by atoms with Crippen LogP contribution in [0.4, 0.5) is 0 Å². The molecule has 0 aliphatic heterocycles. The monoisotopic (exact) mass is 414 g/mol. The number of hydrogen-bond donors (Lipinski definition) is 1. The zero-order chi connectivity index (χ0) is 21.9. The van der Waals surface area contributed by atoms with Gasteiger partial charge in [0, 0.05) is 38.2 Å². The van der Waals surface area contributed by atoms with Crippen LogP contribution in [-0.2, 0) is 40.2 Å². The summed E-state index contributed by atoms with van der Waals surface area (Å²) in [5.74, 6) is -0.795. The van der Waals surface area contributed by atoms with Gasteiger partial charge in [0.25, 0.3) is 5.91 Å². The van der Waals surface area contributed by atoms with Crippen LogP contribution in [0.3, 0.4) is 0 Å². The molecule has 0 bridgehead atoms. The lowest BCUT2D eigenvalue weighted by Crippen LogP contribution is -2.31. The number of aromatic nitrogens is 1. The summed E-state index contributed by atoms with van der Waals surface area (Å²) in [5.41, 5.74) is 3.88. The molecule has 1 heterocycles. The highest BCUT2D eigenvalue weighted by atomic mass is 16.2. The van der Waals surface area contributed by atoms with Crippen molar-refractivity contribution >= 4 is 17.5 Å². The number of aryl methyl sites for hydroxylation is 2. The SMILES string of the molecule is O=C(CCc1ccc(CNC(=O)C(=O)Cc2ccccc2)cc1)CCc1cccnc1. The number of nitrogens with zero attached hydrogens (tertiary/aromatic N) is 1. The molecule has 0 aliphatic rings. The van der Waals surface area contributed by atoms with Crippen molar-refractivity contribution < 1.29 is 14.4 Å². The molecule has 3 rings (SSSR count). The van der Waals surface area contributed by atoms with E-state index in [0.717, 1.165) is 22.3 Å². The number of Topliss-reactive ketones (excluding diaryl/α,β-unsaturated/α-hetero) is 2. The van der Waals surface area contributed by atoms with Crippen LogP contribution in [0.5, 0.6) is 0 Å². The quantitative estimate of drug-likeness (QED) is 0.486. The molecule has 31 heavy (non-hydrogen) atoms. The summed E-state index contributed by atoms with van der Waals surface area (Å²) in [5, 5.41) is 2.67. The molecule has 1 N–H and O–H groups in total. The van der Waals surface area contributed by atoms with Gasteiger partial charge in [-0.3, -0.25) is 19.4 Å². The number of nitrogens with one attached hydrogen (secondary N) is 1. The Bertz CT molecular complexity index is 1000. The van der Waals surface area contributed by atoms with Gasteiger partial charge in [-0.25, -0.2) is 0 Å². The molecule has 0 unspecified atom stereocenters. The molecule has 0 saturated heterocycles. The van der Waals surface area contributed by atoms with E-state index in [-0.39, 0.29) is 12.2 Å². The first kappa shape index (κ1) is 22.1. The smallest absolute Gasteiger partial charge is 0.287 e. The van der Waals surface area contributed by atoms with Crippen LogP contribution in [-0.4, -0.2) is 22.5 Å². The maximum absolute atomic E-state index is 12.1. The summed E-state index contributed by atoms with van der Waals surface area (Å²) < 4.78 is 0. The molecule has 3 aromatic rings. The first-order valence-electron chi connectivity index (χ1n) is 10.4. The summed E-state index contributed by atoms with van der Waals surface area (Å²) >= 11 is 0. The summed E-state index contributed by atoms with van der Waals surface area (Å²) in [6.45, 7) is 0.295. The van der Waals surface area contributed by atoms with Gasteiger partial charge in [-0.1, -0.05) is 60.7 Å². The molecule has 0 saturated carbocycles. The van der Waals surface area contributed by atoms with Gasteiger partial charge in [0.2, 0.25) is 5.78 Å². The Kier molecular flexibility index (Phi) is 8.23. The fraction of sp³-hybridized carbons (Fsp3) is 0.231. The molecule has 0 radical (unpaired) electrons. The fourth-order valence-corrected chi connectivity index (χ4v) is 3.20. The highest BCUT2D eigenvalue weighted by molar-refractivity contribution is 6.36. The average molecular weight is 415 g/mol. The largest absolute Gasteiger partial charge is 0.345 e.